The largest absolute Gasteiger partial charge is 0.507 e. The van der Waals surface area contributed by atoms with Crippen molar-refractivity contribution in [2.24, 2.45) is 0 Å². The molecule has 0 radical (unpaired) electrons. The Bertz CT molecular complexity index is 1480. The average molecular weight is 571 g/mol. The van der Waals surface area contributed by atoms with Gasteiger partial charge in [0.05, 0.1) is 37.5 Å². The highest BCUT2D eigenvalue weighted by Gasteiger charge is 2.46. The van der Waals surface area contributed by atoms with Gasteiger partial charge < -0.3 is 24.2 Å². The molecule has 2 heterocycles. The molecule has 1 unspecified atom stereocenters. The number of morpholine rings is 1. The standard InChI is InChI=1S/C33H34N2O7/c1-22-9-11-23(12-10-22)30(36)28-29(35(32(38)31(28)37)16-6-15-34-17-19-41-20-18-34)25-13-14-26(27(21-25)40-2)42-33(39)24-7-4-3-5-8-24/h3-5,7-14,21,29,36H,6,15-20H2,1-2H3. The molecule has 0 aromatic heterocycles. The average Bonchev–Trinajstić information content (AvgIpc) is 3.27. The van der Waals surface area contributed by atoms with E-state index in [1.54, 1.807) is 60.7 Å². The quantitative estimate of drug-likeness (QED) is 0.133. The molecular weight excluding hydrogens is 536 g/mol. The second kappa shape index (κ2) is 13.0. The van der Waals surface area contributed by atoms with Gasteiger partial charge in [-0.2, -0.15) is 0 Å². The smallest absolute Gasteiger partial charge is 0.343 e. The zero-order valence-electron chi connectivity index (χ0n) is 23.7. The van der Waals surface area contributed by atoms with E-state index in [9.17, 15) is 19.5 Å². The summed E-state index contributed by atoms with van der Waals surface area (Å²) < 4.78 is 16.6. The summed E-state index contributed by atoms with van der Waals surface area (Å²) in [5, 5.41) is 11.4. The first-order chi connectivity index (χ1) is 20.4. The highest BCUT2D eigenvalue weighted by molar-refractivity contribution is 6.46. The molecule has 9 nitrogen and oxygen atoms in total. The number of Topliss-reactive ketones (excluding diaryl/α,β-unsaturated/α-hetero) is 1. The molecule has 42 heavy (non-hydrogen) atoms. The lowest BCUT2D eigenvalue weighted by molar-refractivity contribution is -0.140. The molecule has 2 aliphatic rings. The third kappa shape index (κ3) is 6.22. The number of likely N-dealkylation sites (tertiary alicyclic amines) is 1. The van der Waals surface area contributed by atoms with Crippen molar-refractivity contribution in [1.82, 2.24) is 9.80 Å². The molecule has 1 amide bonds. The number of amides is 1. The van der Waals surface area contributed by atoms with Gasteiger partial charge in [0.1, 0.15) is 5.76 Å². The Hall–Kier alpha value is -4.47. The minimum Gasteiger partial charge on any atom is -0.507 e. The van der Waals surface area contributed by atoms with E-state index < -0.39 is 23.7 Å². The van der Waals surface area contributed by atoms with Gasteiger partial charge in [-0.05, 0) is 43.2 Å². The van der Waals surface area contributed by atoms with Crippen LogP contribution >= 0.6 is 0 Å². The zero-order chi connectivity index (χ0) is 29.6. The molecule has 2 saturated heterocycles. The van der Waals surface area contributed by atoms with E-state index in [1.165, 1.54) is 12.0 Å². The molecule has 3 aromatic rings. The van der Waals surface area contributed by atoms with Crippen molar-refractivity contribution in [2.45, 2.75) is 19.4 Å². The van der Waals surface area contributed by atoms with E-state index in [0.717, 1.165) is 25.2 Å². The lowest BCUT2D eigenvalue weighted by Gasteiger charge is -2.29. The van der Waals surface area contributed by atoms with E-state index in [2.05, 4.69) is 4.90 Å². The molecule has 3 aromatic carbocycles. The molecule has 0 bridgehead atoms. The van der Waals surface area contributed by atoms with E-state index in [4.69, 9.17) is 14.2 Å². The number of aryl methyl sites for hydroxylation is 1. The molecule has 0 spiro atoms. The Morgan fingerprint density at radius 3 is 2.33 bits per heavy atom. The predicted molar refractivity (Wildman–Crippen MR) is 156 cm³/mol. The number of methoxy groups -OCH3 is 1. The van der Waals surface area contributed by atoms with Crippen molar-refractivity contribution in [3.63, 3.8) is 0 Å². The summed E-state index contributed by atoms with van der Waals surface area (Å²) >= 11 is 0. The topological polar surface area (TPSA) is 106 Å². The van der Waals surface area contributed by atoms with Crippen LogP contribution in [0.25, 0.3) is 5.76 Å². The number of benzene rings is 3. The second-order valence-electron chi connectivity index (χ2n) is 10.3. The predicted octanol–water partition coefficient (Wildman–Crippen LogP) is 4.37. The monoisotopic (exact) mass is 570 g/mol. The maximum Gasteiger partial charge on any atom is 0.343 e. The van der Waals surface area contributed by atoms with Gasteiger partial charge >= 0.3 is 5.97 Å². The fraction of sp³-hybridized carbons (Fsp3) is 0.303. The van der Waals surface area contributed by atoms with Crippen molar-refractivity contribution in [3.8, 4) is 11.5 Å². The first kappa shape index (κ1) is 29.0. The van der Waals surface area contributed by atoms with Crippen molar-refractivity contribution in [2.75, 3.05) is 46.5 Å². The lowest BCUT2D eigenvalue weighted by atomic mass is 9.94. The Kier molecular flexibility index (Phi) is 9.00. The molecular formula is C33H34N2O7. The lowest BCUT2D eigenvalue weighted by Crippen LogP contribution is -2.39. The molecule has 0 saturated carbocycles. The van der Waals surface area contributed by atoms with Crippen molar-refractivity contribution in [3.05, 3.63) is 101 Å². The maximum atomic E-state index is 13.4. The van der Waals surface area contributed by atoms with Gasteiger partial charge in [0.15, 0.2) is 11.5 Å². The number of esters is 1. The van der Waals surface area contributed by atoms with Gasteiger partial charge in [0.2, 0.25) is 0 Å². The third-order valence-corrected chi connectivity index (χ3v) is 7.56. The van der Waals surface area contributed by atoms with Crippen LogP contribution in [0.15, 0.2) is 78.4 Å². The summed E-state index contributed by atoms with van der Waals surface area (Å²) in [6.45, 7) is 5.95. The van der Waals surface area contributed by atoms with E-state index >= 15 is 0 Å². The number of hydrogen-bond donors (Lipinski definition) is 1. The van der Waals surface area contributed by atoms with Crippen LogP contribution in [0.3, 0.4) is 0 Å². The molecule has 218 valence electrons. The van der Waals surface area contributed by atoms with Crippen LogP contribution in [0.5, 0.6) is 11.5 Å². The molecule has 2 aliphatic heterocycles. The van der Waals surface area contributed by atoms with Crippen molar-refractivity contribution >= 4 is 23.4 Å². The van der Waals surface area contributed by atoms with Crippen LogP contribution in [-0.4, -0.2) is 79.1 Å². The van der Waals surface area contributed by atoms with Crippen molar-refractivity contribution < 1.29 is 33.7 Å². The fourth-order valence-corrected chi connectivity index (χ4v) is 5.29. The normalized spacial score (nSPS) is 18.7. The summed E-state index contributed by atoms with van der Waals surface area (Å²) in [7, 11) is 1.45. The van der Waals surface area contributed by atoms with E-state index in [0.29, 0.717) is 42.9 Å². The number of rotatable bonds is 9. The second-order valence-corrected chi connectivity index (χ2v) is 10.3. The first-order valence-corrected chi connectivity index (χ1v) is 14.0. The molecule has 1 N–H and O–H groups in total. The molecule has 0 aliphatic carbocycles. The van der Waals surface area contributed by atoms with Gasteiger partial charge in [0, 0.05) is 31.7 Å². The number of aliphatic hydroxyl groups excluding tert-OH is 1. The molecule has 5 rings (SSSR count). The van der Waals surface area contributed by atoms with Crippen LogP contribution in [0.2, 0.25) is 0 Å². The zero-order valence-corrected chi connectivity index (χ0v) is 23.7. The van der Waals surface area contributed by atoms with Crippen LogP contribution in [-0.2, 0) is 14.3 Å². The van der Waals surface area contributed by atoms with Crippen LogP contribution < -0.4 is 9.47 Å². The van der Waals surface area contributed by atoms with Gasteiger partial charge in [-0.1, -0.05) is 54.1 Å². The number of carbonyl (C=O) groups excluding carboxylic acids is 3. The number of hydrogen-bond acceptors (Lipinski definition) is 8. The Morgan fingerprint density at radius 1 is 0.929 bits per heavy atom. The van der Waals surface area contributed by atoms with Gasteiger partial charge in [0.25, 0.3) is 11.7 Å². The van der Waals surface area contributed by atoms with Crippen LogP contribution in [0.4, 0.5) is 0 Å². The molecule has 2 fully saturated rings. The summed E-state index contributed by atoms with van der Waals surface area (Å²) in [6, 6.07) is 19.8. The molecule has 9 heteroatoms. The van der Waals surface area contributed by atoms with E-state index in [-0.39, 0.29) is 22.8 Å². The number of ether oxygens (including phenoxy) is 3. The SMILES string of the molecule is COc1cc(C2C(=C(O)c3ccc(C)cc3)C(=O)C(=O)N2CCCN2CCOCC2)ccc1OC(=O)c1ccccc1. The van der Waals surface area contributed by atoms with Gasteiger partial charge in [-0.3, -0.25) is 14.5 Å². The number of nitrogens with zero attached hydrogens (tertiary/aromatic N) is 2. The number of carbonyl (C=O) groups is 3. The summed E-state index contributed by atoms with van der Waals surface area (Å²) in [6.07, 6.45) is 0.637. The van der Waals surface area contributed by atoms with E-state index in [1.807, 2.05) is 19.1 Å². The Labute approximate surface area is 244 Å². The minimum atomic E-state index is -0.858. The van der Waals surface area contributed by atoms with Gasteiger partial charge in [-0.15, -0.1) is 0 Å². The summed E-state index contributed by atoms with van der Waals surface area (Å²) in [4.78, 5) is 43.3. The van der Waals surface area contributed by atoms with Crippen LogP contribution in [0.1, 0.15) is 39.5 Å². The maximum absolute atomic E-state index is 13.4. The fourth-order valence-electron chi connectivity index (χ4n) is 5.29. The van der Waals surface area contributed by atoms with Crippen LogP contribution in [0, 0.1) is 6.92 Å². The Morgan fingerprint density at radius 2 is 1.64 bits per heavy atom. The molecule has 1 atom stereocenters. The van der Waals surface area contributed by atoms with Crippen molar-refractivity contribution in [1.29, 1.82) is 0 Å². The minimum absolute atomic E-state index is 0.00584. The Balaban J connectivity index is 1.49. The summed E-state index contributed by atoms with van der Waals surface area (Å²) in [5.74, 6) is -1.76. The number of aliphatic hydroxyl groups is 1. The highest BCUT2D eigenvalue weighted by atomic mass is 16.6. The highest BCUT2D eigenvalue weighted by Crippen LogP contribution is 2.42. The summed E-state index contributed by atoms with van der Waals surface area (Å²) in [5.41, 5.74) is 2.38. The first-order valence-electron chi connectivity index (χ1n) is 14.0. The third-order valence-electron chi connectivity index (χ3n) is 7.56. The van der Waals surface area contributed by atoms with Gasteiger partial charge in [-0.25, -0.2) is 4.79 Å². The number of ketones is 1.